The Kier molecular flexibility index (Phi) is 6.20. The van der Waals surface area contributed by atoms with Gasteiger partial charge in [-0.3, -0.25) is 0 Å². The van der Waals surface area contributed by atoms with Crippen LogP contribution >= 0.6 is 7.26 Å². The van der Waals surface area contributed by atoms with E-state index in [4.69, 9.17) is 0 Å². The minimum absolute atomic E-state index is 1.14. The van der Waals surface area contributed by atoms with Crippen molar-refractivity contribution in [3.8, 4) is 0 Å². The van der Waals surface area contributed by atoms with E-state index < -0.39 is 7.26 Å². The molecule has 0 saturated heterocycles. The summed E-state index contributed by atoms with van der Waals surface area (Å²) in [6.45, 7) is 2.25. The molecule has 0 N–H and O–H groups in total. The Morgan fingerprint density at radius 2 is 1.04 bits per heavy atom. The van der Waals surface area contributed by atoms with Crippen LogP contribution in [0.25, 0.3) is 0 Å². The molecule has 0 radical (unpaired) electrons. The summed E-state index contributed by atoms with van der Waals surface area (Å²) in [6.07, 6.45) is 6.03. The van der Waals surface area contributed by atoms with E-state index in [0.29, 0.717) is 0 Å². The molecular formula is C24H26P+. The van der Waals surface area contributed by atoms with Gasteiger partial charge >= 0.3 is 0 Å². The van der Waals surface area contributed by atoms with Crippen LogP contribution in [0.5, 0.6) is 0 Å². The highest BCUT2D eigenvalue weighted by Gasteiger charge is 2.42. The van der Waals surface area contributed by atoms with Gasteiger partial charge in [-0.15, -0.1) is 0 Å². The van der Waals surface area contributed by atoms with Crippen molar-refractivity contribution in [2.24, 2.45) is 0 Å². The maximum absolute atomic E-state index is 2.52. The number of hydrogen-bond acceptors (Lipinski definition) is 0. The van der Waals surface area contributed by atoms with Gasteiger partial charge in [0.25, 0.3) is 0 Å². The highest BCUT2D eigenvalue weighted by atomic mass is 31.2. The first-order valence-corrected chi connectivity index (χ1v) is 11.0. The van der Waals surface area contributed by atoms with Gasteiger partial charge in [-0.1, -0.05) is 67.9 Å². The van der Waals surface area contributed by atoms with E-state index in [-0.39, 0.29) is 0 Å². The maximum Gasteiger partial charge on any atom is 0.136 e. The smallest absolute Gasteiger partial charge is 0.0654 e. The fraction of sp³-hybridized carbons (Fsp3) is 0.167. The Labute approximate surface area is 152 Å². The molecule has 0 unspecified atom stereocenters. The van der Waals surface area contributed by atoms with E-state index in [1.54, 1.807) is 0 Å². The monoisotopic (exact) mass is 345 g/mol. The van der Waals surface area contributed by atoms with Crippen molar-refractivity contribution in [3.05, 3.63) is 103 Å². The van der Waals surface area contributed by atoms with Crippen LogP contribution in [-0.2, 0) is 0 Å². The van der Waals surface area contributed by atoms with Crippen LogP contribution in [0.4, 0.5) is 0 Å². The Morgan fingerprint density at radius 1 is 0.640 bits per heavy atom. The molecular weight excluding hydrogens is 319 g/mol. The van der Waals surface area contributed by atoms with Gasteiger partial charge in [0.05, 0.1) is 5.82 Å². The summed E-state index contributed by atoms with van der Waals surface area (Å²) in [4.78, 5) is 0. The van der Waals surface area contributed by atoms with Crippen LogP contribution in [0.15, 0.2) is 103 Å². The molecule has 1 heteroatoms. The van der Waals surface area contributed by atoms with Crippen molar-refractivity contribution in [3.63, 3.8) is 0 Å². The van der Waals surface area contributed by atoms with E-state index >= 15 is 0 Å². The quantitative estimate of drug-likeness (QED) is 0.381. The summed E-state index contributed by atoms with van der Waals surface area (Å²) in [6, 6.07) is 33.0. The van der Waals surface area contributed by atoms with Crippen molar-refractivity contribution in [1.29, 1.82) is 0 Å². The zero-order valence-electron chi connectivity index (χ0n) is 14.9. The standard InChI is InChI=1S/C24H26P/c1-2-3-4-14-21-25(22-15-8-5-9-16-22,23-17-10-6-11-18-23)24-19-12-7-13-20-24/h5-21H,2-4H2,1H3/q+1. The first-order chi connectivity index (χ1) is 12.4. The lowest BCUT2D eigenvalue weighted by atomic mass is 10.2. The van der Waals surface area contributed by atoms with Crippen LogP contribution in [0.1, 0.15) is 26.2 Å². The summed E-state index contributed by atoms with van der Waals surface area (Å²) < 4.78 is 0. The second kappa shape index (κ2) is 8.79. The Hall–Kier alpha value is -2.17. The summed E-state index contributed by atoms with van der Waals surface area (Å²) in [5.74, 6) is 2.52. The van der Waals surface area contributed by atoms with Crippen LogP contribution < -0.4 is 15.9 Å². The molecule has 0 amide bonds. The van der Waals surface area contributed by atoms with Crippen LogP contribution in [0.2, 0.25) is 0 Å². The van der Waals surface area contributed by atoms with Gasteiger partial charge in [0.1, 0.15) is 23.2 Å². The summed E-state index contributed by atoms with van der Waals surface area (Å²) in [7, 11) is -1.77. The molecule has 0 nitrogen and oxygen atoms in total. The molecule has 0 aromatic heterocycles. The lowest BCUT2D eigenvalue weighted by Gasteiger charge is -2.24. The highest BCUT2D eigenvalue weighted by molar-refractivity contribution is 7.98. The van der Waals surface area contributed by atoms with Crippen LogP contribution in [0, 0.1) is 0 Å². The van der Waals surface area contributed by atoms with E-state index in [0.717, 1.165) is 6.42 Å². The molecule has 3 aromatic rings. The zero-order chi connectivity index (χ0) is 17.4. The van der Waals surface area contributed by atoms with E-state index in [1.165, 1.54) is 28.8 Å². The number of rotatable bonds is 7. The normalized spacial score (nSPS) is 11.7. The molecule has 25 heavy (non-hydrogen) atoms. The van der Waals surface area contributed by atoms with Gasteiger partial charge in [-0.2, -0.15) is 0 Å². The Bertz CT molecular complexity index is 679. The van der Waals surface area contributed by atoms with Gasteiger partial charge in [0.15, 0.2) is 0 Å². The Morgan fingerprint density at radius 3 is 1.40 bits per heavy atom. The lowest BCUT2D eigenvalue weighted by Crippen LogP contribution is -2.29. The first-order valence-electron chi connectivity index (χ1n) is 9.11. The molecule has 0 aliphatic rings. The predicted octanol–water partition coefficient (Wildman–Crippen LogP) is 5.68. The number of unbranched alkanes of at least 4 members (excludes halogenated alkanes) is 2. The molecule has 0 aliphatic carbocycles. The molecule has 0 saturated carbocycles. The number of hydrogen-bond donors (Lipinski definition) is 0. The lowest BCUT2D eigenvalue weighted by molar-refractivity contribution is 0.815. The topological polar surface area (TPSA) is 0 Å². The van der Waals surface area contributed by atoms with Gasteiger partial charge in [-0.05, 0) is 55.3 Å². The molecule has 0 heterocycles. The largest absolute Gasteiger partial charge is 0.136 e. The van der Waals surface area contributed by atoms with Gasteiger partial charge < -0.3 is 0 Å². The highest BCUT2D eigenvalue weighted by Crippen LogP contribution is 2.56. The second-order valence-electron chi connectivity index (χ2n) is 6.26. The van der Waals surface area contributed by atoms with Crippen molar-refractivity contribution in [2.45, 2.75) is 26.2 Å². The fourth-order valence-corrected chi connectivity index (χ4v) is 7.05. The average Bonchev–Trinajstić information content (AvgIpc) is 2.70. The third-order valence-electron chi connectivity index (χ3n) is 4.54. The zero-order valence-corrected chi connectivity index (χ0v) is 15.8. The molecule has 3 rings (SSSR count). The number of benzene rings is 3. The van der Waals surface area contributed by atoms with Crippen molar-refractivity contribution >= 4 is 23.2 Å². The average molecular weight is 345 g/mol. The van der Waals surface area contributed by atoms with E-state index in [1.807, 2.05) is 0 Å². The molecule has 0 bridgehead atoms. The molecule has 3 aromatic carbocycles. The summed E-state index contributed by atoms with van der Waals surface area (Å²) in [5.41, 5.74) is 0. The minimum Gasteiger partial charge on any atom is -0.0654 e. The van der Waals surface area contributed by atoms with Gasteiger partial charge in [0.2, 0.25) is 0 Å². The summed E-state index contributed by atoms with van der Waals surface area (Å²) >= 11 is 0. The maximum atomic E-state index is 2.52. The third-order valence-corrected chi connectivity index (χ3v) is 8.54. The van der Waals surface area contributed by atoms with Gasteiger partial charge in [-0.25, -0.2) is 0 Å². The summed E-state index contributed by atoms with van der Waals surface area (Å²) in [5, 5.41) is 4.25. The van der Waals surface area contributed by atoms with Crippen molar-refractivity contribution < 1.29 is 0 Å². The molecule has 126 valence electrons. The molecule has 0 fully saturated rings. The predicted molar refractivity (Wildman–Crippen MR) is 114 cm³/mol. The molecule has 0 aliphatic heterocycles. The van der Waals surface area contributed by atoms with Crippen molar-refractivity contribution in [2.75, 3.05) is 0 Å². The Balaban J connectivity index is 2.22. The number of allylic oxidation sites excluding steroid dienone is 1. The van der Waals surface area contributed by atoms with Crippen LogP contribution in [-0.4, -0.2) is 0 Å². The first kappa shape index (κ1) is 17.6. The van der Waals surface area contributed by atoms with E-state index in [9.17, 15) is 0 Å². The van der Waals surface area contributed by atoms with Gasteiger partial charge in [0, 0.05) is 0 Å². The SMILES string of the molecule is CCCCC=C[P+](c1ccccc1)(c1ccccc1)c1ccccc1. The molecule has 0 atom stereocenters. The fourth-order valence-electron chi connectivity index (χ4n) is 3.25. The second-order valence-corrected chi connectivity index (χ2v) is 9.55. The third kappa shape index (κ3) is 3.91. The van der Waals surface area contributed by atoms with E-state index in [2.05, 4.69) is 110 Å². The van der Waals surface area contributed by atoms with Crippen molar-refractivity contribution in [1.82, 2.24) is 0 Å². The minimum atomic E-state index is -1.77. The molecule has 0 spiro atoms. The van der Waals surface area contributed by atoms with Crippen LogP contribution in [0.3, 0.4) is 0 Å².